The Labute approximate surface area is 182 Å². The molecule has 0 bridgehead atoms. The lowest BCUT2D eigenvalue weighted by molar-refractivity contribution is 0.974. The van der Waals surface area contributed by atoms with E-state index in [1.165, 1.54) is 31.0 Å². The van der Waals surface area contributed by atoms with Crippen LogP contribution in [0.15, 0.2) is 55.4 Å². The van der Waals surface area contributed by atoms with Crippen LogP contribution in [0.4, 0.5) is 0 Å². The molecule has 6 heterocycles. The Balaban J connectivity index is 1.51. The molecular weight excluding hydrogens is 428 g/mol. The van der Waals surface area contributed by atoms with Gasteiger partial charge in [0.05, 0.1) is 26.2 Å². The van der Waals surface area contributed by atoms with Gasteiger partial charge in [-0.15, -0.1) is 22.7 Å². The molecule has 0 saturated heterocycles. The van der Waals surface area contributed by atoms with Crippen LogP contribution in [0, 0.1) is 6.92 Å². The molecule has 0 radical (unpaired) electrons. The predicted octanol–water partition coefficient (Wildman–Crippen LogP) is 5.01. The Morgan fingerprint density at radius 1 is 0.806 bits per heavy atom. The van der Waals surface area contributed by atoms with Crippen molar-refractivity contribution in [3.63, 3.8) is 0 Å². The molecular formula is C21H14N8S2. The number of imidazole rings is 2. The van der Waals surface area contributed by atoms with Crippen molar-refractivity contribution in [1.82, 2.24) is 39.2 Å². The molecule has 7 aromatic rings. The number of rotatable bonds is 3. The van der Waals surface area contributed by atoms with Crippen LogP contribution in [-0.2, 0) is 0 Å². The van der Waals surface area contributed by atoms with Gasteiger partial charge in [-0.1, -0.05) is 30.3 Å². The third-order valence-electron chi connectivity index (χ3n) is 5.44. The van der Waals surface area contributed by atoms with Crippen molar-refractivity contribution in [3.05, 3.63) is 60.9 Å². The van der Waals surface area contributed by atoms with E-state index >= 15 is 0 Å². The molecule has 0 aliphatic heterocycles. The first kappa shape index (κ1) is 17.0. The zero-order valence-corrected chi connectivity index (χ0v) is 17.8. The number of aromatic amines is 2. The van der Waals surface area contributed by atoms with E-state index in [9.17, 15) is 0 Å². The number of nitrogens with one attached hydrogen (secondary N) is 2. The molecule has 31 heavy (non-hydrogen) atoms. The van der Waals surface area contributed by atoms with Crippen molar-refractivity contribution in [2.75, 3.05) is 0 Å². The van der Waals surface area contributed by atoms with Gasteiger partial charge >= 0.3 is 0 Å². The maximum absolute atomic E-state index is 4.74. The van der Waals surface area contributed by atoms with Gasteiger partial charge in [-0.25, -0.2) is 29.0 Å². The normalized spacial score (nSPS) is 12.0. The van der Waals surface area contributed by atoms with Gasteiger partial charge in [-0.3, -0.25) is 10.2 Å². The number of aromatic nitrogens is 8. The first-order valence-corrected chi connectivity index (χ1v) is 11.3. The topological polar surface area (TPSA) is 92.0 Å². The Kier molecular flexibility index (Phi) is 3.35. The Morgan fingerprint density at radius 3 is 2.06 bits per heavy atom. The third kappa shape index (κ3) is 2.39. The summed E-state index contributed by atoms with van der Waals surface area (Å²) in [6.07, 6.45) is 7.29. The molecule has 0 atom stereocenters. The molecule has 0 spiro atoms. The fourth-order valence-corrected chi connectivity index (χ4v) is 6.77. The van der Waals surface area contributed by atoms with E-state index in [0.29, 0.717) is 11.6 Å². The summed E-state index contributed by atoms with van der Waals surface area (Å²) in [4.78, 5) is 20.3. The second-order valence-electron chi connectivity index (χ2n) is 7.26. The number of H-pyrrole nitrogens is 2. The summed E-state index contributed by atoms with van der Waals surface area (Å²) in [7, 11) is 0. The number of hydrogen-bond donors (Lipinski definition) is 2. The Morgan fingerprint density at radius 2 is 1.42 bits per heavy atom. The number of benzene rings is 1. The van der Waals surface area contributed by atoms with Crippen LogP contribution in [0.2, 0.25) is 0 Å². The average molecular weight is 443 g/mol. The number of aryl methyl sites for hydroxylation is 1. The number of hydrogen-bond acceptors (Lipinski definition) is 6. The highest BCUT2D eigenvalue weighted by Gasteiger charge is 2.24. The highest BCUT2D eigenvalue weighted by molar-refractivity contribution is 7.41. The van der Waals surface area contributed by atoms with E-state index in [2.05, 4.69) is 51.4 Å². The van der Waals surface area contributed by atoms with Gasteiger partial charge in [0.25, 0.3) is 11.6 Å². The molecule has 0 amide bonds. The lowest BCUT2D eigenvalue weighted by atomic mass is 10.00. The number of nitrogens with zero attached hydrogens (tertiary/aromatic N) is 6. The molecule has 10 heteroatoms. The van der Waals surface area contributed by atoms with Gasteiger partial charge in [0.1, 0.15) is 24.0 Å². The van der Waals surface area contributed by atoms with Crippen LogP contribution in [0.3, 0.4) is 0 Å². The van der Waals surface area contributed by atoms with Gasteiger partial charge in [-0.2, -0.15) is 0 Å². The van der Waals surface area contributed by atoms with Gasteiger partial charge < -0.3 is 0 Å². The first-order chi connectivity index (χ1) is 15.3. The second kappa shape index (κ2) is 6.13. The molecule has 8 nitrogen and oxygen atoms in total. The maximum Gasteiger partial charge on any atom is 0.250 e. The Hall–Kier alpha value is -3.76. The van der Waals surface area contributed by atoms with E-state index in [-0.39, 0.29) is 0 Å². The zero-order valence-electron chi connectivity index (χ0n) is 16.2. The minimum absolute atomic E-state index is 0.670. The lowest BCUT2D eigenvalue weighted by Gasteiger charge is -2.04. The van der Waals surface area contributed by atoms with Crippen molar-refractivity contribution in [2.24, 2.45) is 0 Å². The summed E-state index contributed by atoms with van der Waals surface area (Å²) in [5, 5.41) is 7.41. The molecule has 0 saturated carbocycles. The molecule has 0 aliphatic carbocycles. The van der Waals surface area contributed by atoms with Crippen molar-refractivity contribution >= 4 is 43.6 Å². The molecule has 7 rings (SSSR count). The minimum Gasteiger partial charge on any atom is -0.281 e. The van der Waals surface area contributed by atoms with Crippen molar-refractivity contribution in [1.29, 1.82) is 0 Å². The highest BCUT2D eigenvalue weighted by atomic mass is 32.2. The van der Waals surface area contributed by atoms with Crippen LogP contribution >= 0.6 is 22.7 Å². The summed E-state index contributed by atoms with van der Waals surface area (Å²) < 4.78 is 4.94. The Bertz CT molecular complexity index is 1650. The lowest BCUT2D eigenvalue weighted by Crippen LogP contribution is -1.83. The van der Waals surface area contributed by atoms with Gasteiger partial charge in [0, 0.05) is 10.9 Å². The summed E-state index contributed by atoms with van der Waals surface area (Å²) in [5.41, 5.74) is 5.48. The van der Waals surface area contributed by atoms with E-state index in [1.807, 2.05) is 27.5 Å². The van der Waals surface area contributed by atoms with Crippen LogP contribution < -0.4 is 0 Å². The quantitative estimate of drug-likeness (QED) is 0.402. The van der Waals surface area contributed by atoms with Gasteiger partial charge in [0.2, 0.25) is 0 Å². The van der Waals surface area contributed by atoms with Crippen LogP contribution in [0.1, 0.15) is 5.56 Å². The van der Waals surface area contributed by atoms with E-state index in [0.717, 1.165) is 16.3 Å². The predicted molar refractivity (Wildman–Crippen MR) is 123 cm³/mol. The zero-order chi connectivity index (χ0) is 20.5. The van der Waals surface area contributed by atoms with Crippen LogP contribution in [0.5, 0.6) is 0 Å². The summed E-state index contributed by atoms with van der Waals surface area (Å²) in [5.74, 6) is 1.35. The van der Waals surface area contributed by atoms with E-state index in [4.69, 9.17) is 9.97 Å². The molecule has 0 unspecified atom stereocenters. The maximum atomic E-state index is 4.74. The standard InChI is InChI=1S/C21H14N8S2/c1-11-15-16(12-5-3-2-4-6-12)18(14-8-29-21(27-14)23-10-25-29)31-19(15)30-17(11)13-7-28-20(26-13)22-9-24-28/h2-10H,1H3,(H,22,24,26)(H,23,25,27). The number of fused-ring (bicyclic) bond motifs is 3. The largest absolute Gasteiger partial charge is 0.281 e. The van der Waals surface area contributed by atoms with Crippen LogP contribution in [0.25, 0.3) is 53.2 Å². The van der Waals surface area contributed by atoms with Crippen molar-refractivity contribution in [2.45, 2.75) is 6.92 Å². The third-order valence-corrected chi connectivity index (χ3v) is 8.06. The molecule has 2 N–H and O–H groups in total. The number of thiophene rings is 2. The molecule has 1 aromatic carbocycles. The van der Waals surface area contributed by atoms with Crippen LogP contribution in [-0.4, -0.2) is 39.2 Å². The first-order valence-electron chi connectivity index (χ1n) is 9.65. The fraction of sp³-hybridized carbons (Fsp3) is 0.0476. The molecule has 6 aromatic heterocycles. The minimum atomic E-state index is 0.670. The molecule has 150 valence electrons. The van der Waals surface area contributed by atoms with Gasteiger partial charge in [-0.05, 0) is 18.1 Å². The SMILES string of the molecule is Cc1c(-c2cn3[nH]cnc3n2)sc2sc(-c3cn4[nH]cnc4n3)c(-c3ccccc3)c12. The van der Waals surface area contributed by atoms with E-state index in [1.54, 1.807) is 35.3 Å². The average Bonchev–Trinajstić information content (AvgIpc) is 3.56. The smallest absolute Gasteiger partial charge is 0.250 e. The molecule has 0 aliphatic rings. The van der Waals surface area contributed by atoms with Gasteiger partial charge in [0.15, 0.2) is 0 Å². The second-order valence-corrected chi connectivity index (χ2v) is 9.56. The highest BCUT2D eigenvalue weighted by Crippen LogP contribution is 2.51. The van der Waals surface area contributed by atoms with Crippen molar-refractivity contribution < 1.29 is 0 Å². The molecule has 0 fully saturated rings. The summed E-state index contributed by atoms with van der Waals surface area (Å²) in [6.45, 7) is 2.18. The summed E-state index contributed by atoms with van der Waals surface area (Å²) in [6, 6.07) is 10.5. The summed E-state index contributed by atoms with van der Waals surface area (Å²) >= 11 is 3.54. The van der Waals surface area contributed by atoms with E-state index < -0.39 is 0 Å². The fourth-order valence-electron chi connectivity index (χ4n) is 4.04. The monoisotopic (exact) mass is 442 g/mol. The van der Waals surface area contributed by atoms with Crippen molar-refractivity contribution in [3.8, 4) is 32.3 Å².